The lowest BCUT2D eigenvalue weighted by Crippen LogP contribution is -3.11. The van der Waals surface area contributed by atoms with Crippen LogP contribution < -0.4 is 4.90 Å². The predicted octanol–water partition coefficient (Wildman–Crippen LogP) is 0.998. The van der Waals surface area contributed by atoms with Crippen LogP contribution in [0.4, 0.5) is 0 Å². The second-order valence-corrected chi connectivity index (χ2v) is 3.75. The fourth-order valence-electron chi connectivity index (χ4n) is 0.990. The Balaban J connectivity index is 0. The maximum atomic E-state index is 10.4. The van der Waals surface area contributed by atoms with Gasteiger partial charge in [0.2, 0.25) is 0 Å². The third-order valence-corrected chi connectivity index (χ3v) is 2.55. The zero-order valence-electron chi connectivity index (χ0n) is 10.5. The molecule has 0 fully saturated rings. The van der Waals surface area contributed by atoms with E-state index in [1.54, 1.807) is 17.7 Å². The molecule has 0 unspecified atom stereocenters. The van der Waals surface area contributed by atoms with Gasteiger partial charge in [-0.2, -0.15) is 0 Å². The van der Waals surface area contributed by atoms with Crippen molar-refractivity contribution in [2.24, 2.45) is 0 Å². The average molecular weight is 293 g/mol. The summed E-state index contributed by atoms with van der Waals surface area (Å²) in [6.45, 7) is 12.4. The second kappa shape index (κ2) is 12.4. The molecule has 0 bridgehead atoms. The van der Waals surface area contributed by atoms with E-state index in [0.29, 0.717) is 0 Å². The molecule has 0 saturated carbocycles. The highest BCUT2D eigenvalue weighted by Gasteiger charge is 2.01. The first-order valence-corrected chi connectivity index (χ1v) is 6.29. The van der Waals surface area contributed by atoms with Crippen molar-refractivity contribution in [2.45, 2.75) is 27.7 Å². The van der Waals surface area contributed by atoms with Crippen LogP contribution in [0.1, 0.15) is 27.7 Å². The largest absolute Gasteiger partial charge is 0.762 e. The fourth-order valence-corrected chi connectivity index (χ4v) is 1.10. The second-order valence-electron chi connectivity index (χ2n) is 2.96. The van der Waals surface area contributed by atoms with Gasteiger partial charge in [-0.15, -0.1) is 0 Å². The highest BCUT2D eigenvalue weighted by Crippen LogP contribution is 2.01. The van der Waals surface area contributed by atoms with Crippen molar-refractivity contribution in [3.8, 4) is 0 Å². The molecule has 0 radical (unpaired) electrons. The molecule has 0 aromatic carbocycles. The van der Waals surface area contributed by atoms with Gasteiger partial charge in [0.05, 0.1) is 26.2 Å². The molecule has 5 heteroatoms. The van der Waals surface area contributed by atoms with E-state index in [0.717, 1.165) is 0 Å². The number of hydrogen-bond acceptors (Lipinski definition) is 2. The molecule has 94 valence electrons. The van der Waals surface area contributed by atoms with Crippen LogP contribution in [-0.4, -0.2) is 38.1 Å². The molecule has 0 heterocycles. The Morgan fingerprint density at radius 2 is 1.69 bits per heavy atom. The molecular formula is C11H21BrN2O2. The van der Waals surface area contributed by atoms with E-state index in [-0.39, 0.29) is 11.1 Å². The minimum absolute atomic E-state index is 0.0932. The molecule has 1 N–H and O–H groups in total. The molecule has 16 heavy (non-hydrogen) atoms. The normalized spacial score (nSPS) is 8.88. The van der Waals surface area contributed by atoms with E-state index in [4.69, 9.17) is 5.41 Å². The lowest BCUT2D eigenvalue weighted by Gasteiger charge is -2.10. The number of hydrogen-bond donors (Lipinski definition) is 1. The zero-order valence-corrected chi connectivity index (χ0v) is 12.1. The van der Waals surface area contributed by atoms with Crippen LogP contribution in [-0.2, 0) is 9.53 Å². The number of ether oxygens (including phenoxy) is 1. The summed E-state index contributed by atoms with van der Waals surface area (Å²) in [5.74, 6) is 0.997. The maximum absolute atomic E-state index is 10.4. The summed E-state index contributed by atoms with van der Waals surface area (Å²) >= 11 is 2.72. The number of carbonyl (C=O) groups is 1. The molecule has 0 spiro atoms. The van der Waals surface area contributed by atoms with Gasteiger partial charge in [0.25, 0.3) is 0 Å². The SMILES string of the molecule is CCOC(=O)C(Br)=C=[N-].CC[NH+](CC)CC. The first kappa shape index (κ1) is 17.7. The quantitative estimate of drug-likeness (QED) is 0.467. The number of nitrogens with one attached hydrogen (secondary N) is 1. The van der Waals surface area contributed by atoms with Crippen molar-refractivity contribution >= 4 is 27.8 Å². The van der Waals surface area contributed by atoms with Crippen LogP contribution in [0.15, 0.2) is 4.48 Å². The zero-order chi connectivity index (χ0) is 13.0. The van der Waals surface area contributed by atoms with Gasteiger partial charge in [0.1, 0.15) is 4.48 Å². The summed E-state index contributed by atoms with van der Waals surface area (Å²) in [6, 6.07) is 0. The van der Waals surface area contributed by atoms with E-state index in [2.05, 4.69) is 41.4 Å². The maximum Gasteiger partial charge on any atom is 0.351 e. The first-order valence-electron chi connectivity index (χ1n) is 5.50. The van der Waals surface area contributed by atoms with Crippen molar-refractivity contribution < 1.29 is 14.4 Å². The smallest absolute Gasteiger partial charge is 0.351 e. The highest BCUT2D eigenvalue weighted by atomic mass is 79.9. The van der Waals surface area contributed by atoms with Crippen molar-refractivity contribution in [3.63, 3.8) is 0 Å². The monoisotopic (exact) mass is 292 g/mol. The van der Waals surface area contributed by atoms with Crippen molar-refractivity contribution in [2.75, 3.05) is 26.2 Å². The molecule has 0 aliphatic heterocycles. The third-order valence-electron chi connectivity index (χ3n) is 2.05. The molecule has 0 aliphatic rings. The Kier molecular flexibility index (Phi) is 13.8. The number of rotatable bonds is 5. The van der Waals surface area contributed by atoms with E-state index in [9.17, 15) is 4.79 Å². The van der Waals surface area contributed by atoms with E-state index >= 15 is 0 Å². The summed E-state index contributed by atoms with van der Waals surface area (Å²) in [5.41, 5.74) is 0. The predicted molar refractivity (Wildman–Crippen MR) is 70.0 cm³/mol. The van der Waals surface area contributed by atoms with E-state index < -0.39 is 5.97 Å². The van der Waals surface area contributed by atoms with Gasteiger partial charge in [-0.1, -0.05) is 0 Å². The van der Waals surface area contributed by atoms with Crippen molar-refractivity contribution in [3.05, 3.63) is 9.89 Å². The fraction of sp³-hybridized carbons (Fsp3) is 0.727. The minimum atomic E-state index is -0.611. The van der Waals surface area contributed by atoms with Gasteiger partial charge >= 0.3 is 5.97 Å². The van der Waals surface area contributed by atoms with Crippen LogP contribution in [0.5, 0.6) is 0 Å². The summed E-state index contributed by atoms with van der Waals surface area (Å²) < 4.78 is 4.36. The Morgan fingerprint density at radius 3 is 1.88 bits per heavy atom. The number of carbonyl (C=O) groups excluding carboxylic acids is 1. The Morgan fingerprint density at radius 1 is 1.25 bits per heavy atom. The molecule has 0 aliphatic carbocycles. The molecule has 0 rings (SSSR count). The molecular weight excluding hydrogens is 272 g/mol. The van der Waals surface area contributed by atoms with Crippen molar-refractivity contribution in [1.82, 2.24) is 0 Å². The standard InChI is InChI=1S/C6H15N.C5H5BrNO2/c1-4-7(5-2)6-3;1-2-9-5(8)4(6)3-7/h4-6H2,1-3H3;2H2,1H3/q;-1/p+1. The van der Waals surface area contributed by atoms with Crippen LogP contribution in [0.3, 0.4) is 0 Å². The van der Waals surface area contributed by atoms with Crippen LogP contribution >= 0.6 is 15.9 Å². The van der Waals surface area contributed by atoms with Gasteiger partial charge in [0.15, 0.2) is 0 Å². The number of halogens is 1. The molecule has 0 aromatic heterocycles. The van der Waals surface area contributed by atoms with Crippen molar-refractivity contribution in [1.29, 1.82) is 0 Å². The van der Waals surface area contributed by atoms with E-state index in [1.165, 1.54) is 19.6 Å². The van der Waals surface area contributed by atoms with Gasteiger partial charge in [-0.3, -0.25) is 0 Å². The molecule has 4 nitrogen and oxygen atoms in total. The lowest BCUT2D eigenvalue weighted by atomic mass is 10.5. The number of quaternary nitrogens is 1. The minimum Gasteiger partial charge on any atom is -0.762 e. The summed E-state index contributed by atoms with van der Waals surface area (Å²) in [5, 5.41) is 8.10. The van der Waals surface area contributed by atoms with Gasteiger partial charge in [-0.05, 0) is 43.6 Å². The van der Waals surface area contributed by atoms with Crippen LogP contribution in [0.25, 0.3) is 5.41 Å². The van der Waals surface area contributed by atoms with Gasteiger partial charge in [-0.25, -0.2) is 10.7 Å². The summed E-state index contributed by atoms with van der Waals surface area (Å²) in [7, 11) is 0. The molecule has 0 saturated heterocycles. The number of nitrogens with zero attached hydrogens (tertiary/aromatic N) is 1. The van der Waals surface area contributed by atoms with Crippen LogP contribution in [0, 0.1) is 0 Å². The Labute approximate surface area is 106 Å². The lowest BCUT2D eigenvalue weighted by molar-refractivity contribution is -0.894. The van der Waals surface area contributed by atoms with Gasteiger partial charge < -0.3 is 15.0 Å². The topological polar surface area (TPSA) is 53.0 Å². The molecule has 0 atom stereocenters. The average Bonchev–Trinajstić information content (AvgIpc) is 2.31. The molecule has 0 amide bonds. The Bertz CT molecular complexity index is 229. The molecule has 0 aromatic rings. The Hall–Kier alpha value is -0.640. The van der Waals surface area contributed by atoms with Crippen LogP contribution in [0.2, 0.25) is 0 Å². The summed E-state index contributed by atoms with van der Waals surface area (Å²) in [6.07, 6.45) is 0. The number of esters is 1. The third kappa shape index (κ3) is 9.90. The highest BCUT2D eigenvalue weighted by molar-refractivity contribution is 9.12. The first-order chi connectivity index (χ1) is 7.56. The van der Waals surface area contributed by atoms with Gasteiger partial charge in [0, 0.05) is 0 Å². The summed E-state index contributed by atoms with van der Waals surface area (Å²) in [4.78, 5) is 12.1. The van der Waals surface area contributed by atoms with E-state index in [1.807, 2.05) is 0 Å².